The van der Waals surface area contributed by atoms with Crippen molar-refractivity contribution in [3.8, 4) is 11.6 Å². The first-order valence-electron chi connectivity index (χ1n) is 15.0. The number of aliphatic hydroxyl groups is 1. The van der Waals surface area contributed by atoms with E-state index < -0.39 is 83.7 Å². The molecule has 17 heteroatoms. The lowest BCUT2D eigenvalue weighted by molar-refractivity contribution is -0.274. The van der Waals surface area contributed by atoms with E-state index in [4.69, 9.17) is 14.2 Å². The highest BCUT2D eigenvalue weighted by atomic mass is 19.4. The van der Waals surface area contributed by atoms with Crippen molar-refractivity contribution in [2.24, 2.45) is 5.41 Å². The first-order valence-corrected chi connectivity index (χ1v) is 15.0. The molecule has 0 spiro atoms. The van der Waals surface area contributed by atoms with E-state index in [0.717, 1.165) is 29.2 Å². The average Bonchev–Trinajstić information content (AvgIpc) is 3.58. The van der Waals surface area contributed by atoms with Gasteiger partial charge in [-0.2, -0.15) is 8.78 Å². The molecule has 1 amide bonds. The number of rotatable bonds is 2. The molecule has 5 rings (SSSR count). The number of hydrogen-bond donors (Lipinski definition) is 3. The summed E-state index contributed by atoms with van der Waals surface area (Å²) < 4.78 is 91.3. The van der Waals surface area contributed by atoms with Crippen molar-refractivity contribution < 1.29 is 60.7 Å². The van der Waals surface area contributed by atoms with Crippen LogP contribution in [0.2, 0.25) is 0 Å². The number of carbonyl (C=O) groups excluding carboxylic acids is 1. The van der Waals surface area contributed by atoms with Gasteiger partial charge in [-0.1, -0.05) is 26.8 Å². The van der Waals surface area contributed by atoms with Crippen molar-refractivity contribution in [2.75, 3.05) is 13.2 Å². The summed E-state index contributed by atoms with van der Waals surface area (Å²) in [4.78, 5) is 35.2. The fourth-order valence-corrected chi connectivity index (χ4v) is 5.93. The minimum Gasteiger partial charge on any atom is -0.480 e. The number of nitrogens with one attached hydrogen (secondary N) is 1. The summed E-state index contributed by atoms with van der Waals surface area (Å²) in [6.45, 7) is 4.49. The number of alkyl halides is 5. The number of aliphatic hydroxyl groups excluding tert-OH is 1. The molecule has 0 radical (unpaired) electrons. The maximum Gasteiger partial charge on any atom is 0.573 e. The zero-order valence-corrected chi connectivity index (χ0v) is 25.7. The molecule has 1 aromatic carbocycles. The van der Waals surface area contributed by atoms with E-state index >= 15 is 8.78 Å². The Hall–Kier alpha value is -3.67. The lowest BCUT2D eigenvalue weighted by atomic mass is 9.85. The highest BCUT2D eigenvalue weighted by Crippen LogP contribution is 2.38. The molecule has 3 aliphatic rings. The van der Waals surface area contributed by atoms with Gasteiger partial charge in [0.25, 0.3) is 0 Å². The number of benzene rings is 1. The van der Waals surface area contributed by atoms with Crippen LogP contribution in [-0.4, -0.2) is 93.3 Å². The molecule has 2 aliphatic heterocycles. The normalized spacial score (nSPS) is 29.7. The number of carbonyl (C=O) groups is 2. The van der Waals surface area contributed by atoms with Crippen LogP contribution in [0.5, 0.6) is 11.6 Å². The highest BCUT2D eigenvalue weighted by Gasteiger charge is 2.47. The van der Waals surface area contributed by atoms with Crippen molar-refractivity contribution in [1.29, 1.82) is 0 Å². The molecule has 258 valence electrons. The van der Waals surface area contributed by atoms with Crippen LogP contribution in [0.15, 0.2) is 30.4 Å². The molecular weight excluding hydrogens is 639 g/mol. The number of hydrogen-bond acceptors (Lipinski definition) is 10. The summed E-state index contributed by atoms with van der Waals surface area (Å²) in [7, 11) is 0. The fraction of sp³-hybridized carbons (Fsp3) is 0.600. The monoisotopic (exact) mass is 674 g/mol. The quantitative estimate of drug-likeness (QED) is 0.315. The van der Waals surface area contributed by atoms with Gasteiger partial charge < -0.3 is 34.1 Å². The van der Waals surface area contributed by atoms with Gasteiger partial charge in [0.1, 0.15) is 17.9 Å². The molecule has 1 aromatic heterocycles. The van der Waals surface area contributed by atoms with E-state index in [1.54, 1.807) is 20.8 Å². The molecule has 2 bridgehead atoms. The van der Waals surface area contributed by atoms with Gasteiger partial charge in [-0.15, -0.1) is 13.2 Å². The number of carboxylic acids is 1. The average molecular weight is 675 g/mol. The Balaban J connectivity index is 1.57. The molecule has 2 fully saturated rings. The second kappa shape index (κ2) is 13.1. The smallest absolute Gasteiger partial charge is 0.480 e. The van der Waals surface area contributed by atoms with Crippen LogP contribution >= 0.6 is 0 Å². The number of aromatic nitrogens is 2. The second-order valence-electron chi connectivity index (χ2n) is 12.7. The predicted molar refractivity (Wildman–Crippen MR) is 152 cm³/mol. The fourth-order valence-electron chi connectivity index (χ4n) is 5.93. The standard InChI is InChI=1S/C30H35F5N4O8/c1-28(2,3)23-25(40)39-14-16(13-19(39)26(41)42)45-24-22(36-18-12-15(47-30(33,34)35)8-9-17(18)37-24)29(31,32)10-5-11-44-20-6-4-7-21(20)46-27(43)38-23/h5,8-10,12,16,19-21,23,27,38,43H,4,6-7,11,13-14H2,1-3H3,(H,41,42)/b10-5-/t16-,19+,20-,21-,23-,27?/m1/s1. The number of nitrogens with zero attached hydrogens (tertiary/aromatic N) is 3. The number of halogens is 5. The second-order valence-corrected chi connectivity index (χ2v) is 12.7. The van der Waals surface area contributed by atoms with E-state index in [1.807, 2.05) is 0 Å². The summed E-state index contributed by atoms with van der Waals surface area (Å²) in [5, 5.41) is 23.6. The molecule has 3 heterocycles. The zero-order chi connectivity index (χ0) is 34.3. The number of allylic oxidation sites excluding steroid dienone is 1. The van der Waals surface area contributed by atoms with E-state index in [2.05, 4.69) is 20.0 Å². The molecule has 47 heavy (non-hydrogen) atoms. The maximum absolute atomic E-state index is 15.8. The minimum atomic E-state index is -5.05. The Morgan fingerprint density at radius 3 is 2.53 bits per heavy atom. The van der Waals surface area contributed by atoms with Gasteiger partial charge >= 0.3 is 18.3 Å². The summed E-state index contributed by atoms with van der Waals surface area (Å²) in [6, 6.07) is 0.239. The maximum atomic E-state index is 15.8. The molecule has 3 N–H and O–H groups in total. The third-order valence-corrected chi connectivity index (χ3v) is 8.11. The highest BCUT2D eigenvalue weighted by molar-refractivity contribution is 5.88. The van der Waals surface area contributed by atoms with Crippen molar-refractivity contribution in [3.05, 3.63) is 36.0 Å². The van der Waals surface area contributed by atoms with Crippen molar-refractivity contribution in [1.82, 2.24) is 20.2 Å². The van der Waals surface area contributed by atoms with E-state index in [-0.39, 0.29) is 30.6 Å². The number of amides is 1. The number of ether oxygens (including phenoxy) is 4. The first-order chi connectivity index (χ1) is 21.9. The van der Waals surface area contributed by atoms with Gasteiger partial charge in [0, 0.05) is 12.5 Å². The summed E-state index contributed by atoms with van der Waals surface area (Å²) >= 11 is 0. The van der Waals surface area contributed by atoms with Crippen molar-refractivity contribution in [3.63, 3.8) is 0 Å². The summed E-state index contributed by atoms with van der Waals surface area (Å²) in [5.74, 6) is -7.37. The van der Waals surface area contributed by atoms with Crippen LogP contribution in [0.1, 0.15) is 52.1 Å². The van der Waals surface area contributed by atoms with Crippen molar-refractivity contribution in [2.45, 2.75) is 95.5 Å². The Bertz CT molecular complexity index is 1520. The number of fused-ring (bicyclic) bond motifs is 5. The van der Waals surface area contributed by atoms with Gasteiger partial charge in [-0.3, -0.25) is 10.1 Å². The van der Waals surface area contributed by atoms with Gasteiger partial charge in [-0.05, 0) is 42.9 Å². The Morgan fingerprint density at radius 2 is 1.85 bits per heavy atom. The SMILES string of the molecule is CC(C)(C)[C@@H]1NC(O)O[C@@H]2CCC[C@H]2OC/C=C\C(F)(F)c2nc3cc(OC(F)(F)F)ccc3nc2O[C@@H]2C[C@@H](C(=O)O)N(C2)C1=O. The third-order valence-electron chi connectivity index (χ3n) is 8.11. The lowest BCUT2D eigenvalue weighted by Gasteiger charge is -2.36. The Morgan fingerprint density at radius 1 is 1.13 bits per heavy atom. The molecule has 1 saturated carbocycles. The predicted octanol–water partition coefficient (Wildman–Crippen LogP) is 3.86. The largest absolute Gasteiger partial charge is 0.573 e. The number of carboxylic acid groups (broad SMARTS) is 1. The summed E-state index contributed by atoms with van der Waals surface area (Å²) in [5.41, 5.74) is -2.37. The molecule has 1 saturated heterocycles. The van der Waals surface area contributed by atoms with Crippen molar-refractivity contribution >= 4 is 22.9 Å². The van der Waals surface area contributed by atoms with E-state index in [0.29, 0.717) is 25.3 Å². The zero-order valence-electron chi connectivity index (χ0n) is 25.7. The van der Waals surface area contributed by atoms with Crippen LogP contribution in [0.25, 0.3) is 11.0 Å². The molecular formula is C30H35F5N4O8. The van der Waals surface area contributed by atoms with Gasteiger partial charge in [0.05, 0.1) is 42.4 Å². The molecule has 12 nitrogen and oxygen atoms in total. The van der Waals surface area contributed by atoms with Crippen LogP contribution < -0.4 is 14.8 Å². The summed E-state index contributed by atoms with van der Waals surface area (Å²) in [6.07, 6.45) is -6.18. The Labute approximate surface area is 265 Å². The topological polar surface area (TPSA) is 153 Å². The van der Waals surface area contributed by atoms with Crippen LogP contribution in [0.4, 0.5) is 22.0 Å². The Kier molecular flexibility index (Phi) is 9.65. The van der Waals surface area contributed by atoms with E-state index in [9.17, 15) is 33.0 Å². The molecule has 2 aromatic rings. The lowest BCUT2D eigenvalue weighted by Crippen LogP contribution is -2.58. The van der Waals surface area contributed by atoms with E-state index in [1.165, 1.54) is 0 Å². The first kappa shape index (κ1) is 34.7. The molecule has 1 aliphatic carbocycles. The van der Waals surface area contributed by atoms with Crippen LogP contribution in [0, 0.1) is 5.41 Å². The van der Waals surface area contributed by atoms with Crippen LogP contribution in [0.3, 0.4) is 0 Å². The van der Waals surface area contributed by atoms with Gasteiger partial charge in [0.2, 0.25) is 18.2 Å². The molecule has 6 atom stereocenters. The van der Waals surface area contributed by atoms with Gasteiger partial charge in [0.15, 0.2) is 5.69 Å². The minimum absolute atomic E-state index is 0.109. The van der Waals surface area contributed by atoms with Gasteiger partial charge in [-0.25, -0.2) is 14.8 Å². The number of aliphatic carboxylic acids is 1. The third kappa shape index (κ3) is 8.08. The van der Waals surface area contributed by atoms with Crippen LogP contribution in [-0.2, 0) is 25.0 Å². The molecule has 1 unspecified atom stereocenters.